The average molecular weight is 284 g/mol. The van der Waals surface area contributed by atoms with Crippen LogP contribution in [0.5, 0.6) is 0 Å². The number of hydrogen-bond acceptors (Lipinski definition) is 3. The van der Waals surface area contributed by atoms with Crippen LogP contribution >= 0.6 is 11.6 Å². The van der Waals surface area contributed by atoms with Crippen molar-refractivity contribution in [3.05, 3.63) is 34.9 Å². The van der Waals surface area contributed by atoms with Crippen LogP contribution < -0.4 is 0 Å². The zero-order valence-electron chi connectivity index (χ0n) is 10.9. The van der Waals surface area contributed by atoms with E-state index in [0.717, 1.165) is 18.7 Å². The van der Waals surface area contributed by atoms with Gasteiger partial charge in [0.05, 0.1) is 25.2 Å². The van der Waals surface area contributed by atoms with Crippen LogP contribution in [0.3, 0.4) is 0 Å². The molecule has 1 atom stereocenters. The topological polar surface area (TPSA) is 49.8 Å². The Morgan fingerprint density at radius 2 is 2.16 bits per heavy atom. The summed E-state index contributed by atoms with van der Waals surface area (Å²) in [4.78, 5) is 13.4. The Kier molecular flexibility index (Phi) is 4.45. The molecule has 5 heteroatoms. The van der Waals surface area contributed by atoms with Crippen LogP contribution in [0.2, 0.25) is 5.02 Å². The maximum atomic E-state index is 11.2. The van der Waals surface area contributed by atoms with Crippen molar-refractivity contribution in [3.8, 4) is 0 Å². The molecule has 1 N–H and O–H groups in total. The molecular weight excluding hydrogens is 266 g/mol. The minimum atomic E-state index is -0.811. The van der Waals surface area contributed by atoms with Crippen molar-refractivity contribution < 1.29 is 14.6 Å². The maximum absolute atomic E-state index is 11.2. The molecule has 0 aliphatic carbocycles. The Balaban J connectivity index is 2.35. The number of hydrogen-bond donors (Lipinski definition) is 1. The molecule has 1 aliphatic rings. The summed E-state index contributed by atoms with van der Waals surface area (Å²) < 4.78 is 5.34. The third kappa shape index (κ3) is 3.26. The zero-order valence-corrected chi connectivity index (χ0v) is 11.7. The highest BCUT2D eigenvalue weighted by Crippen LogP contribution is 2.33. The van der Waals surface area contributed by atoms with Gasteiger partial charge in [-0.1, -0.05) is 23.7 Å². The first-order valence-corrected chi connectivity index (χ1v) is 6.71. The van der Waals surface area contributed by atoms with Crippen molar-refractivity contribution in [2.45, 2.75) is 18.9 Å². The normalized spacial score (nSPS) is 19.9. The van der Waals surface area contributed by atoms with Gasteiger partial charge in [0.25, 0.3) is 0 Å². The summed E-state index contributed by atoms with van der Waals surface area (Å²) in [5, 5.41) is 9.85. The van der Waals surface area contributed by atoms with E-state index in [-0.39, 0.29) is 6.42 Å². The fourth-order valence-electron chi connectivity index (χ4n) is 2.57. The highest BCUT2D eigenvalue weighted by molar-refractivity contribution is 6.30. The van der Waals surface area contributed by atoms with Crippen molar-refractivity contribution in [2.24, 2.45) is 0 Å². The molecule has 0 aromatic heterocycles. The number of ether oxygens (including phenoxy) is 1. The summed E-state index contributed by atoms with van der Waals surface area (Å²) in [6, 6.07) is 7.44. The van der Waals surface area contributed by atoms with Crippen molar-refractivity contribution in [1.82, 2.24) is 4.90 Å². The van der Waals surface area contributed by atoms with E-state index >= 15 is 0 Å². The first-order chi connectivity index (χ1) is 9.02. The molecule has 1 heterocycles. The van der Waals surface area contributed by atoms with E-state index in [1.807, 2.05) is 25.1 Å². The summed E-state index contributed by atoms with van der Waals surface area (Å²) in [5.74, 6) is -0.811. The van der Waals surface area contributed by atoms with Crippen LogP contribution in [0.25, 0.3) is 0 Å². The molecule has 1 aromatic rings. The van der Waals surface area contributed by atoms with E-state index in [1.54, 1.807) is 6.07 Å². The van der Waals surface area contributed by atoms with Crippen LogP contribution in [0.4, 0.5) is 0 Å². The highest BCUT2D eigenvalue weighted by atomic mass is 35.5. The van der Waals surface area contributed by atoms with Crippen molar-refractivity contribution >= 4 is 17.6 Å². The number of halogens is 1. The van der Waals surface area contributed by atoms with Gasteiger partial charge in [-0.25, -0.2) is 0 Å². The Hall–Kier alpha value is -1.10. The van der Waals surface area contributed by atoms with Crippen molar-refractivity contribution in [3.63, 3.8) is 0 Å². The fraction of sp³-hybridized carbons (Fsp3) is 0.500. The second-order valence-corrected chi connectivity index (χ2v) is 5.39. The van der Waals surface area contributed by atoms with E-state index in [9.17, 15) is 9.90 Å². The van der Waals surface area contributed by atoms with Gasteiger partial charge < -0.3 is 9.84 Å². The molecule has 1 aliphatic heterocycles. The summed E-state index contributed by atoms with van der Waals surface area (Å²) in [6.45, 7) is 4.69. The van der Waals surface area contributed by atoms with Gasteiger partial charge in [0.15, 0.2) is 0 Å². The number of nitrogens with zero attached hydrogens (tertiary/aromatic N) is 1. The lowest BCUT2D eigenvalue weighted by Crippen LogP contribution is -2.50. The molecule has 1 aromatic carbocycles. The number of carboxylic acid groups (broad SMARTS) is 1. The van der Waals surface area contributed by atoms with E-state index in [0.29, 0.717) is 18.2 Å². The Bertz CT molecular complexity index is 460. The number of carboxylic acids is 1. The maximum Gasteiger partial charge on any atom is 0.305 e. The third-order valence-electron chi connectivity index (χ3n) is 3.65. The summed E-state index contributed by atoms with van der Waals surface area (Å²) in [5.41, 5.74) is 0.379. The SMILES string of the molecule is CC(CC(=O)O)(c1cccc(Cl)c1)N1CCOCC1. The minimum absolute atomic E-state index is 0.0490. The van der Waals surface area contributed by atoms with Crippen LogP contribution in [0, 0.1) is 0 Å². The molecule has 0 bridgehead atoms. The molecule has 19 heavy (non-hydrogen) atoms. The molecule has 1 saturated heterocycles. The zero-order chi connectivity index (χ0) is 13.9. The molecule has 1 fully saturated rings. The molecule has 4 nitrogen and oxygen atoms in total. The standard InChI is InChI=1S/C14H18ClNO3/c1-14(10-13(17)18,16-5-7-19-8-6-16)11-3-2-4-12(15)9-11/h2-4,9H,5-8,10H2,1H3,(H,17,18). The van der Waals surface area contributed by atoms with Crippen molar-refractivity contribution in [2.75, 3.05) is 26.3 Å². The van der Waals surface area contributed by atoms with Gasteiger partial charge in [-0.2, -0.15) is 0 Å². The van der Waals surface area contributed by atoms with Crippen LogP contribution in [0.15, 0.2) is 24.3 Å². The Labute approximate surface area is 117 Å². The predicted octanol–water partition coefficient (Wildman–Crippen LogP) is 2.36. The van der Waals surface area contributed by atoms with E-state index in [2.05, 4.69) is 4.90 Å². The van der Waals surface area contributed by atoms with Gasteiger partial charge in [0.2, 0.25) is 0 Å². The number of aliphatic carboxylic acids is 1. The first kappa shape index (κ1) is 14.3. The molecule has 0 saturated carbocycles. The lowest BCUT2D eigenvalue weighted by Gasteiger charge is -2.43. The van der Waals surface area contributed by atoms with Gasteiger partial charge in [-0.15, -0.1) is 0 Å². The molecular formula is C14H18ClNO3. The van der Waals surface area contributed by atoms with Crippen LogP contribution in [-0.2, 0) is 15.1 Å². The molecule has 0 spiro atoms. The number of benzene rings is 1. The molecule has 2 rings (SSSR count). The first-order valence-electron chi connectivity index (χ1n) is 6.33. The molecule has 0 radical (unpaired) electrons. The second-order valence-electron chi connectivity index (χ2n) is 4.95. The lowest BCUT2D eigenvalue weighted by molar-refractivity contribution is -0.141. The number of morpholine rings is 1. The van der Waals surface area contributed by atoms with Crippen LogP contribution in [0.1, 0.15) is 18.9 Å². The largest absolute Gasteiger partial charge is 0.481 e. The second kappa shape index (κ2) is 5.90. The van der Waals surface area contributed by atoms with Gasteiger partial charge in [0, 0.05) is 18.1 Å². The third-order valence-corrected chi connectivity index (χ3v) is 3.89. The molecule has 0 amide bonds. The van der Waals surface area contributed by atoms with Gasteiger partial charge in [-0.05, 0) is 24.6 Å². The van der Waals surface area contributed by atoms with Gasteiger partial charge in [0.1, 0.15) is 0 Å². The van der Waals surface area contributed by atoms with Crippen LogP contribution in [-0.4, -0.2) is 42.3 Å². The monoisotopic (exact) mass is 283 g/mol. The van der Waals surface area contributed by atoms with Gasteiger partial charge in [-0.3, -0.25) is 9.69 Å². The van der Waals surface area contributed by atoms with E-state index < -0.39 is 11.5 Å². The fourth-order valence-corrected chi connectivity index (χ4v) is 2.76. The average Bonchev–Trinajstić information content (AvgIpc) is 2.39. The summed E-state index contributed by atoms with van der Waals surface area (Å²) in [7, 11) is 0. The quantitative estimate of drug-likeness (QED) is 0.922. The number of rotatable bonds is 4. The minimum Gasteiger partial charge on any atom is -0.481 e. The number of carbonyl (C=O) groups is 1. The van der Waals surface area contributed by atoms with E-state index in [4.69, 9.17) is 16.3 Å². The Morgan fingerprint density at radius 1 is 1.47 bits per heavy atom. The van der Waals surface area contributed by atoms with Gasteiger partial charge >= 0.3 is 5.97 Å². The predicted molar refractivity (Wildman–Crippen MR) is 73.4 cm³/mol. The molecule has 1 unspecified atom stereocenters. The van der Waals surface area contributed by atoms with Crippen molar-refractivity contribution in [1.29, 1.82) is 0 Å². The summed E-state index contributed by atoms with van der Waals surface area (Å²) in [6.07, 6.45) is 0.0490. The van der Waals surface area contributed by atoms with E-state index in [1.165, 1.54) is 0 Å². The molecule has 104 valence electrons. The Morgan fingerprint density at radius 3 is 2.74 bits per heavy atom. The lowest BCUT2D eigenvalue weighted by atomic mass is 9.86. The highest BCUT2D eigenvalue weighted by Gasteiger charge is 2.36. The smallest absolute Gasteiger partial charge is 0.305 e. The summed E-state index contributed by atoms with van der Waals surface area (Å²) >= 11 is 6.04.